The van der Waals surface area contributed by atoms with Crippen molar-refractivity contribution in [3.63, 3.8) is 0 Å². The van der Waals surface area contributed by atoms with Crippen LogP contribution >= 0.6 is 11.3 Å². The number of aromatic nitrogens is 1. The summed E-state index contributed by atoms with van der Waals surface area (Å²) < 4.78 is 0. The summed E-state index contributed by atoms with van der Waals surface area (Å²) in [6.45, 7) is 0. The Morgan fingerprint density at radius 1 is 1.28 bits per heavy atom. The quantitative estimate of drug-likeness (QED) is 0.898. The first kappa shape index (κ1) is 11.4. The van der Waals surface area contributed by atoms with Gasteiger partial charge in [-0.05, 0) is 42.9 Å². The Bertz CT molecular complexity index is 563. The Balaban J connectivity index is 1.87. The molecular formula is C14H14N2OS. The van der Waals surface area contributed by atoms with Gasteiger partial charge in [-0.1, -0.05) is 12.1 Å². The molecule has 0 saturated heterocycles. The minimum absolute atomic E-state index is 0.116. The maximum Gasteiger partial charge on any atom is 0.275 e. The summed E-state index contributed by atoms with van der Waals surface area (Å²) in [5.41, 5.74) is 5.79. The molecule has 18 heavy (non-hydrogen) atoms. The van der Waals surface area contributed by atoms with Crippen molar-refractivity contribution in [3.8, 4) is 0 Å². The van der Waals surface area contributed by atoms with Crippen LogP contribution < -0.4 is 5.32 Å². The molecule has 4 heteroatoms. The Labute approximate surface area is 110 Å². The van der Waals surface area contributed by atoms with E-state index in [1.165, 1.54) is 35.3 Å². The largest absolute Gasteiger partial charge is 0.320 e. The minimum atomic E-state index is -0.116. The van der Waals surface area contributed by atoms with Crippen LogP contribution in [0.5, 0.6) is 0 Å². The van der Waals surface area contributed by atoms with Crippen LogP contribution in [0.25, 0.3) is 0 Å². The number of fused-ring (bicyclic) bond motifs is 1. The van der Waals surface area contributed by atoms with Crippen LogP contribution in [0.15, 0.2) is 29.1 Å². The zero-order valence-corrected chi connectivity index (χ0v) is 10.8. The summed E-state index contributed by atoms with van der Waals surface area (Å²) in [6, 6.07) is 6.15. The Morgan fingerprint density at radius 2 is 2.17 bits per heavy atom. The predicted molar refractivity (Wildman–Crippen MR) is 73.2 cm³/mol. The number of carbonyl (C=O) groups is 1. The van der Waals surface area contributed by atoms with Gasteiger partial charge in [-0.15, -0.1) is 11.3 Å². The first-order chi connectivity index (χ1) is 8.84. The van der Waals surface area contributed by atoms with E-state index in [-0.39, 0.29) is 5.91 Å². The molecule has 1 aliphatic rings. The number of nitrogens with zero attached hydrogens (tertiary/aromatic N) is 1. The molecule has 1 N–H and O–H groups in total. The second-order valence-corrected chi connectivity index (χ2v) is 5.20. The maximum absolute atomic E-state index is 12.0. The molecule has 0 atom stereocenters. The number of benzene rings is 1. The van der Waals surface area contributed by atoms with E-state index in [0.717, 1.165) is 18.5 Å². The van der Waals surface area contributed by atoms with E-state index >= 15 is 0 Å². The molecule has 1 aromatic heterocycles. The third-order valence-corrected chi connectivity index (χ3v) is 3.90. The molecule has 1 aromatic carbocycles. The second kappa shape index (κ2) is 4.90. The molecule has 0 aliphatic heterocycles. The fourth-order valence-electron chi connectivity index (χ4n) is 2.41. The molecule has 0 radical (unpaired) electrons. The highest BCUT2D eigenvalue weighted by atomic mass is 32.1. The third-order valence-electron chi connectivity index (χ3n) is 3.31. The van der Waals surface area contributed by atoms with Gasteiger partial charge in [-0.2, -0.15) is 0 Å². The van der Waals surface area contributed by atoms with Crippen molar-refractivity contribution >= 4 is 22.9 Å². The normalized spacial score (nSPS) is 14.0. The lowest BCUT2D eigenvalue weighted by molar-refractivity contribution is 0.102. The monoisotopic (exact) mass is 258 g/mol. The molecular weight excluding hydrogens is 244 g/mol. The lowest BCUT2D eigenvalue weighted by atomic mass is 9.90. The zero-order valence-electron chi connectivity index (χ0n) is 9.98. The second-order valence-electron chi connectivity index (χ2n) is 4.48. The van der Waals surface area contributed by atoms with Crippen LogP contribution in [-0.2, 0) is 12.8 Å². The van der Waals surface area contributed by atoms with Gasteiger partial charge in [-0.3, -0.25) is 4.79 Å². The summed E-state index contributed by atoms with van der Waals surface area (Å²) in [4.78, 5) is 16.0. The number of hydrogen-bond donors (Lipinski definition) is 1. The summed E-state index contributed by atoms with van der Waals surface area (Å²) >= 11 is 1.44. The van der Waals surface area contributed by atoms with Gasteiger partial charge < -0.3 is 5.32 Å². The molecule has 1 amide bonds. The van der Waals surface area contributed by atoms with E-state index in [4.69, 9.17) is 0 Å². The number of hydrogen-bond acceptors (Lipinski definition) is 3. The van der Waals surface area contributed by atoms with Gasteiger partial charge in [0, 0.05) is 11.1 Å². The van der Waals surface area contributed by atoms with Crippen LogP contribution in [0.4, 0.5) is 5.69 Å². The summed E-state index contributed by atoms with van der Waals surface area (Å²) in [5, 5.41) is 4.75. The summed E-state index contributed by atoms with van der Waals surface area (Å²) in [6.07, 6.45) is 4.63. The smallest absolute Gasteiger partial charge is 0.275 e. The van der Waals surface area contributed by atoms with Crippen LogP contribution in [0.2, 0.25) is 0 Å². The predicted octanol–water partition coefficient (Wildman–Crippen LogP) is 3.27. The van der Waals surface area contributed by atoms with Gasteiger partial charge in [0.15, 0.2) is 0 Å². The van der Waals surface area contributed by atoms with Gasteiger partial charge in [0.2, 0.25) is 0 Å². The lowest BCUT2D eigenvalue weighted by Crippen LogP contribution is -2.15. The number of aryl methyl sites for hydroxylation is 1. The van der Waals surface area contributed by atoms with E-state index in [0.29, 0.717) is 5.69 Å². The molecule has 1 aliphatic carbocycles. The number of amides is 1. The number of carbonyl (C=O) groups excluding carboxylic acids is 1. The standard InChI is InChI=1S/C14H14N2OS/c17-14(13-8-18-9-15-13)16-12-7-3-5-10-4-1-2-6-11(10)12/h3,5,7-9H,1-2,4,6H2,(H,16,17). The van der Waals surface area contributed by atoms with Crippen molar-refractivity contribution in [1.29, 1.82) is 0 Å². The van der Waals surface area contributed by atoms with Crippen molar-refractivity contribution in [2.75, 3.05) is 5.32 Å². The van der Waals surface area contributed by atoms with Gasteiger partial charge >= 0.3 is 0 Å². The highest BCUT2D eigenvalue weighted by Gasteiger charge is 2.15. The summed E-state index contributed by atoms with van der Waals surface area (Å²) in [7, 11) is 0. The third kappa shape index (κ3) is 2.16. The Morgan fingerprint density at radius 3 is 3.00 bits per heavy atom. The molecule has 1 heterocycles. The minimum Gasteiger partial charge on any atom is -0.320 e. The molecule has 0 saturated carbocycles. The zero-order chi connectivity index (χ0) is 12.4. The van der Waals surface area contributed by atoms with E-state index < -0.39 is 0 Å². The number of anilines is 1. The molecule has 92 valence electrons. The van der Waals surface area contributed by atoms with Crippen LogP contribution in [0.3, 0.4) is 0 Å². The van der Waals surface area contributed by atoms with Crippen molar-refractivity contribution in [3.05, 3.63) is 45.9 Å². The number of nitrogens with one attached hydrogen (secondary N) is 1. The molecule has 0 unspecified atom stereocenters. The highest BCUT2D eigenvalue weighted by molar-refractivity contribution is 7.07. The fourth-order valence-corrected chi connectivity index (χ4v) is 2.94. The molecule has 3 rings (SSSR count). The number of rotatable bonds is 2. The van der Waals surface area contributed by atoms with E-state index in [1.54, 1.807) is 10.9 Å². The SMILES string of the molecule is O=C(Nc1cccc2c1CCCC2)c1cscn1. The van der Waals surface area contributed by atoms with Crippen LogP contribution in [-0.4, -0.2) is 10.9 Å². The summed E-state index contributed by atoms with van der Waals surface area (Å²) in [5.74, 6) is -0.116. The Hall–Kier alpha value is -1.68. The maximum atomic E-state index is 12.0. The van der Waals surface area contributed by atoms with Gasteiger partial charge in [-0.25, -0.2) is 4.98 Å². The van der Waals surface area contributed by atoms with Crippen molar-refractivity contribution in [2.45, 2.75) is 25.7 Å². The van der Waals surface area contributed by atoms with Crippen molar-refractivity contribution in [2.24, 2.45) is 0 Å². The van der Waals surface area contributed by atoms with Gasteiger partial charge in [0.05, 0.1) is 5.51 Å². The van der Waals surface area contributed by atoms with Gasteiger partial charge in [0.25, 0.3) is 5.91 Å². The molecule has 2 aromatic rings. The van der Waals surface area contributed by atoms with E-state index in [2.05, 4.69) is 16.4 Å². The number of thiazole rings is 1. The van der Waals surface area contributed by atoms with E-state index in [1.807, 2.05) is 12.1 Å². The average Bonchev–Trinajstić information content (AvgIpc) is 2.93. The molecule has 0 bridgehead atoms. The first-order valence-electron chi connectivity index (χ1n) is 6.15. The fraction of sp³-hybridized carbons (Fsp3) is 0.286. The van der Waals surface area contributed by atoms with E-state index in [9.17, 15) is 4.79 Å². The average molecular weight is 258 g/mol. The molecule has 3 nitrogen and oxygen atoms in total. The van der Waals surface area contributed by atoms with Crippen molar-refractivity contribution < 1.29 is 4.79 Å². The lowest BCUT2D eigenvalue weighted by Gasteiger charge is -2.19. The molecule has 0 fully saturated rings. The highest BCUT2D eigenvalue weighted by Crippen LogP contribution is 2.28. The topological polar surface area (TPSA) is 42.0 Å². The molecule has 0 spiro atoms. The Kier molecular flexibility index (Phi) is 3.11. The first-order valence-corrected chi connectivity index (χ1v) is 7.09. The van der Waals surface area contributed by atoms with Crippen molar-refractivity contribution in [1.82, 2.24) is 4.98 Å². The van der Waals surface area contributed by atoms with Crippen LogP contribution in [0.1, 0.15) is 34.5 Å². The van der Waals surface area contributed by atoms with Crippen LogP contribution in [0, 0.1) is 0 Å². The van der Waals surface area contributed by atoms with Gasteiger partial charge in [0.1, 0.15) is 5.69 Å².